The molecule has 2 aromatic rings. The number of fused-ring (bicyclic) bond motifs is 1. The molecule has 3 heterocycles. The van der Waals surface area contributed by atoms with Crippen LogP contribution in [-0.2, 0) is 11.3 Å². The highest BCUT2D eigenvalue weighted by Gasteiger charge is 2.25. The van der Waals surface area contributed by atoms with Crippen LogP contribution in [0.3, 0.4) is 0 Å². The summed E-state index contributed by atoms with van der Waals surface area (Å²) in [5.41, 5.74) is 2.09. The number of H-pyrrole nitrogens is 1. The minimum absolute atomic E-state index is 0.0545. The Balaban J connectivity index is 1.84. The highest BCUT2D eigenvalue weighted by Crippen LogP contribution is 2.23. The Morgan fingerprint density at radius 2 is 2.19 bits per heavy atom. The van der Waals surface area contributed by atoms with Gasteiger partial charge in [0.15, 0.2) is 5.16 Å². The van der Waals surface area contributed by atoms with Gasteiger partial charge in [0.25, 0.3) is 5.56 Å². The summed E-state index contributed by atoms with van der Waals surface area (Å²) >= 11 is 1.39. The molecular formula is C20H30N4O2S. The third-order valence-electron chi connectivity index (χ3n) is 5.13. The molecule has 0 saturated carbocycles. The second kappa shape index (κ2) is 8.50. The molecule has 0 spiro atoms. The molecule has 0 aromatic carbocycles. The lowest BCUT2D eigenvalue weighted by atomic mass is 10.0. The Bertz CT molecular complexity index is 871. The van der Waals surface area contributed by atoms with Gasteiger partial charge in [-0.1, -0.05) is 32.5 Å². The Morgan fingerprint density at radius 3 is 2.89 bits per heavy atom. The van der Waals surface area contributed by atoms with E-state index in [1.807, 2.05) is 17.9 Å². The van der Waals surface area contributed by atoms with E-state index in [0.717, 1.165) is 31.5 Å². The molecule has 1 N–H and O–H groups in total. The predicted octanol–water partition coefficient (Wildman–Crippen LogP) is 3.57. The van der Waals surface area contributed by atoms with Gasteiger partial charge in [-0.2, -0.15) is 0 Å². The van der Waals surface area contributed by atoms with Gasteiger partial charge in [-0.15, -0.1) is 0 Å². The van der Waals surface area contributed by atoms with Crippen LogP contribution in [0.1, 0.15) is 52.1 Å². The van der Waals surface area contributed by atoms with Gasteiger partial charge in [0.2, 0.25) is 5.91 Å². The van der Waals surface area contributed by atoms with Crippen molar-refractivity contribution in [3.8, 4) is 0 Å². The van der Waals surface area contributed by atoms with E-state index in [-0.39, 0.29) is 11.5 Å². The standard InChI is InChI=1S/C20H30N4O2S/c1-5-15-8-6-7-9-23(15)17(25)12-27-20-22-16-10-14(4)21-18(16)19(26)24(20)11-13(2)3/h10,13,15,21H,5-9,11-12H2,1-4H3. The zero-order valence-corrected chi connectivity index (χ0v) is 17.6. The van der Waals surface area contributed by atoms with E-state index in [9.17, 15) is 9.59 Å². The summed E-state index contributed by atoms with van der Waals surface area (Å²) in [6.07, 6.45) is 4.38. The maximum atomic E-state index is 12.9. The monoisotopic (exact) mass is 390 g/mol. The molecule has 3 rings (SSSR count). The van der Waals surface area contributed by atoms with E-state index in [1.165, 1.54) is 18.2 Å². The Morgan fingerprint density at radius 1 is 1.41 bits per heavy atom. The van der Waals surface area contributed by atoms with Crippen LogP contribution in [0.5, 0.6) is 0 Å². The first-order valence-corrected chi connectivity index (χ1v) is 10.9. The molecule has 148 valence electrons. The average molecular weight is 391 g/mol. The first-order valence-electron chi connectivity index (χ1n) is 9.93. The van der Waals surface area contributed by atoms with Crippen LogP contribution in [0.25, 0.3) is 11.0 Å². The van der Waals surface area contributed by atoms with E-state index in [1.54, 1.807) is 4.57 Å². The lowest BCUT2D eigenvalue weighted by Gasteiger charge is -2.35. The number of aryl methyl sites for hydroxylation is 1. The summed E-state index contributed by atoms with van der Waals surface area (Å²) in [5.74, 6) is 0.803. The lowest BCUT2D eigenvalue weighted by Crippen LogP contribution is -2.44. The maximum Gasteiger partial charge on any atom is 0.278 e. The third kappa shape index (κ3) is 4.39. The van der Waals surface area contributed by atoms with E-state index in [4.69, 9.17) is 4.98 Å². The normalized spacial score (nSPS) is 17.8. The maximum absolute atomic E-state index is 12.9. The highest BCUT2D eigenvalue weighted by molar-refractivity contribution is 7.99. The van der Waals surface area contributed by atoms with Crippen LogP contribution in [0.15, 0.2) is 16.0 Å². The number of aromatic nitrogens is 3. The number of likely N-dealkylation sites (tertiary alicyclic amines) is 1. The van der Waals surface area contributed by atoms with Crippen LogP contribution in [-0.4, -0.2) is 43.7 Å². The molecule has 1 aliphatic heterocycles. The SMILES string of the molecule is CCC1CCCCN1C(=O)CSc1nc2cc(C)[nH]c2c(=O)n1CC(C)C. The molecule has 6 nitrogen and oxygen atoms in total. The number of rotatable bonds is 6. The fraction of sp³-hybridized carbons (Fsp3) is 0.650. The molecule has 0 bridgehead atoms. The van der Waals surface area contributed by atoms with Crippen LogP contribution >= 0.6 is 11.8 Å². The van der Waals surface area contributed by atoms with Gasteiger partial charge in [0.05, 0.1) is 11.3 Å². The zero-order valence-electron chi connectivity index (χ0n) is 16.7. The van der Waals surface area contributed by atoms with Crippen LogP contribution in [0, 0.1) is 12.8 Å². The van der Waals surface area contributed by atoms with Crippen molar-refractivity contribution in [3.05, 3.63) is 22.1 Å². The number of carbonyl (C=O) groups excluding carboxylic acids is 1. The molecule has 0 radical (unpaired) electrons. The smallest absolute Gasteiger partial charge is 0.278 e. The van der Waals surface area contributed by atoms with Crippen LogP contribution in [0.4, 0.5) is 0 Å². The molecule has 1 fully saturated rings. The van der Waals surface area contributed by atoms with Gasteiger partial charge in [-0.05, 0) is 44.6 Å². The molecule has 2 aromatic heterocycles. The topological polar surface area (TPSA) is 71.0 Å². The Labute approximate surface area is 164 Å². The number of hydrogen-bond donors (Lipinski definition) is 1. The van der Waals surface area contributed by atoms with Gasteiger partial charge in [-0.25, -0.2) is 4.98 Å². The first-order chi connectivity index (χ1) is 12.9. The van der Waals surface area contributed by atoms with Crippen LogP contribution < -0.4 is 5.56 Å². The average Bonchev–Trinajstić information content (AvgIpc) is 3.02. The summed E-state index contributed by atoms with van der Waals surface area (Å²) in [6.45, 7) is 9.67. The molecule has 27 heavy (non-hydrogen) atoms. The van der Waals surface area contributed by atoms with Gasteiger partial charge in [0.1, 0.15) is 5.52 Å². The van der Waals surface area contributed by atoms with Gasteiger partial charge in [-0.3, -0.25) is 14.2 Å². The summed E-state index contributed by atoms with van der Waals surface area (Å²) in [6, 6.07) is 2.24. The Hall–Kier alpha value is -1.76. The summed E-state index contributed by atoms with van der Waals surface area (Å²) in [7, 11) is 0. The molecule has 1 atom stereocenters. The number of nitrogens with zero attached hydrogens (tertiary/aromatic N) is 3. The fourth-order valence-electron chi connectivity index (χ4n) is 3.81. The second-order valence-corrected chi connectivity index (χ2v) is 8.79. The van der Waals surface area contributed by atoms with Crippen molar-refractivity contribution in [3.63, 3.8) is 0 Å². The van der Waals surface area contributed by atoms with Crippen molar-refractivity contribution in [2.75, 3.05) is 12.3 Å². The second-order valence-electron chi connectivity index (χ2n) is 7.85. The highest BCUT2D eigenvalue weighted by atomic mass is 32.2. The van der Waals surface area contributed by atoms with Gasteiger partial charge < -0.3 is 9.88 Å². The van der Waals surface area contributed by atoms with Gasteiger partial charge >= 0.3 is 0 Å². The largest absolute Gasteiger partial charge is 0.353 e. The number of aromatic amines is 1. The minimum Gasteiger partial charge on any atom is -0.353 e. The Kier molecular flexibility index (Phi) is 6.29. The number of hydrogen-bond acceptors (Lipinski definition) is 4. The lowest BCUT2D eigenvalue weighted by molar-refractivity contribution is -0.132. The molecule has 1 saturated heterocycles. The molecule has 0 aliphatic carbocycles. The fourth-order valence-corrected chi connectivity index (χ4v) is 4.70. The quantitative estimate of drug-likeness (QED) is 0.605. The van der Waals surface area contributed by atoms with Crippen LogP contribution in [0.2, 0.25) is 0 Å². The number of piperidine rings is 1. The summed E-state index contributed by atoms with van der Waals surface area (Å²) in [5, 5.41) is 0.638. The zero-order chi connectivity index (χ0) is 19.6. The molecular weight excluding hydrogens is 360 g/mol. The predicted molar refractivity (Wildman–Crippen MR) is 110 cm³/mol. The summed E-state index contributed by atoms with van der Waals surface area (Å²) < 4.78 is 1.72. The summed E-state index contributed by atoms with van der Waals surface area (Å²) in [4.78, 5) is 35.6. The first kappa shape index (κ1) is 20.0. The van der Waals surface area contributed by atoms with Gasteiger partial charge in [0, 0.05) is 24.8 Å². The molecule has 1 amide bonds. The third-order valence-corrected chi connectivity index (χ3v) is 6.09. The van der Waals surface area contributed by atoms with Crippen molar-refractivity contribution < 1.29 is 4.79 Å². The van der Waals surface area contributed by atoms with E-state index >= 15 is 0 Å². The molecule has 1 aliphatic rings. The van der Waals surface area contributed by atoms with E-state index < -0.39 is 0 Å². The number of nitrogens with one attached hydrogen (secondary N) is 1. The van der Waals surface area contributed by atoms with E-state index in [2.05, 4.69) is 25.8 Å². The van der Waals surface area contributed by atoms with Crippen molar-refractivity contribution in [1.29, 1.82) is 0 Å². The van der Waals surface area contributed by atoms with Crippen molar-refractivity contribution in [1.82, 2.24) is 19.4 Å². The van der Waals surface area contributed by atoms with E-state index in [0.29, 0.717) is 40.4 Å². The molecule has 7 heteroatoms. The van der Waals surface area contributed by atoms with Crippen molar-refractivity contribution >= 4 is 28.7 Å². The number of amides is 1. The number of carbonyl (C=O) groups is 1. The van der Waals surface area contributed by atoms with Crippen molar-refractivity contribution in [2.45, 2.75) is 71.1 Å². The minimum atomic E-state index is -0.0545. The van der Waals surface area contributed by atoms with Crippen molar-refractivity contribution in [2.24, 2.45) is 5.92 Å². The molecule has 1 unspecified atom stereocenters. The number of thioether (sulfide) groups is 1.